The lowest BCUT2D eigenvalue weighted by molar-refractivity contribution is -0.162. The molecule has 8 nitrogen and oxygen atoms in total. The average molecular weight is 503 g/mol. The van der Waals surface area contributed by atoms with Gasteiger partial charge in [0.2, 0.25) is 11.8 Å². The Balaban J connectivity index is 1.95. The first-order chi connectivity index (χ1) is 16.2. The van der Waals surface area contributed by atoms with E-state index in [9.17, 15) is 19.8 Å². The molecule has 1 saturated heterocycles. The summed E-state index contributed by atoms with van der Waals surface area (Å²) >= 11 is 9.74. The lowest BCUT2D eigenvalue weighted by atomic mass is 9.98. The molecule has 34 heavy (non-hydrogen) atoms. The molecule has 1 aliphatic rings. The molecule has 0 saturated carbocycles. The molecule has 1 aliphatic heterocycles. The van der Waals surface area contributed by atoms with Gasteiger partial charge in [0.1, 0.15) is 23.6 Å². The molecule has 0 bridgehead atoms. The molecule has 2 N–H and O–H groups in total. The normalized spacial score (nSPS) is 18.1. The van der Waals surface area contributed by atoms with Crippen molar-refractivity contribution in [3.8, 4) is 11.5 Å². The van der Waals surface area contributed by atoms with Crippen molar-refractivity contribution in [2.75, 3.05) is 14.2 Å². The number of hydrogen-bond acceptors (Lipinski definition) is 6. The second kappa shape index (κ2) is 11.3. The lowest BCUT2D eigenvalue weighted by Gasteiger charge is -2.45. The van der Waals surface area contributed by atoms with Crippen molar-refractivity contribution in [1.82, 2.24) is 9.80 Å². The van der Waals surface area contributed by atoms with Gasteiger partial charge in [-0.15, -0.1) is 0 Å². The van der Waals surface area contributed by atoms with E-state index >= 15 is 0 Å². The molecule has 2 amide bonds. The van der Waals surface area contributed by atoms with E-state index in [1.54, 1.807) is 62.8 Å². The number of methoxy groups -OCH3 is 2. The third-order valence-corrected chi connectivity index (χ3v) is 5.98. The monoisotopic (exact) mass is 502 g/mol. The molecule has 2 aromatic carbocycles. The number of carbonyl (C=O) groups is 2. The summed E-state index contributed by atoms with van der Waals surface area (Å²) in [5, 5.41) is 18.9. The smallest absolute Gasteiger partial charge is 0.246 e. The van der Waals surface area contributed by atoms with Crippen molar-refractivity contribution < 1.29 is 29.3 Å². The van der Waals surface area contributed by atoms with Crippen molar-refractivity contribution in [3.05, 3.63) is 59.7 Å². The fraction of sp³-hybridized carbons (Fsp3) is 0.333. The largest absolute Gasteiger partial charge is 0.502 e. The fourth-order valence-corrected chi connectivity index (χ4v) is 4.23. The first-order valence-corrected chi connectivity index (χ1v) is 11.4. The summed E-state index contributed by atoms with van der Waals surface area (Å²) in [4.78, 5) is 30.0. The molecule has 2 unspecified atom stereocenters. The first-order valence-electron chi connectivity index (χ1n) is 10.5. The zero-order valence-electron chi connectivity index (χ0n) is 18.8. The van der Waals surface area contributed by atoms with Crippen LogP contribution in [0.4, 0.5) is 0 Å². The van der Waals surface area contributed by atoms with Gasteiger partial charge < -0.3 is 29.5 Å². The standard InChI is InChI=1S/C24H26N2O6S2/c1-31-17-7-3-15(4-8-17)13-25-19(11-21(27)33)24(30)26(20(23(25)29)12-22(28)34)14-16-5-9-18(32-2)10-6-16/h3-10,19-20H,11-14H2,1-2H3,(H,27,33)(H,28,34). The Bertz CT molecular complexity index is 973. The molecule has 3 rings (SSSR count). The molecule has 0 aromatic heterocycles. The van der Waals surface area contributed by atoms with Crippen LogP contribution >= 0.6 is 24.4 Å². The molecule has 2 atom stereocenters. The molecule has 1 fully saturated rings. The summed E-state index contributed by atoms with van der Waals surface area (Å²) < 4.78 is 10.4. The molecule has 2 aromatic rings. The zero-order valence-corrected chi connectivity index (χ0v) is 20.5. The van der Waals surface area contributed by atoms with Crippen LogP contribution in [-0.2, 0) is 22.7 Å². The minimum absolute atomic E-state index is 0.118. The number of nitrogens with zero attached hydrogens (tertiary/aromatic N) is 2. The van der Waals surface area contributed by atoms with Crippen LogP contribution in [0.15, 0.2) is 48.5 Å². The van der Waals surface area contributed by atoms with E-state index in [4.69, 9.17) is 33.9 Å². The summed E-state index contributed by atoms with van der Waals surface area (Å²) in [6, 6.07) is 12.2. The van der Waals surface area contributed by atoms with Crippen molar-refractivity contribution >= 4 is 46.4 Å². The van der Waals surface area contributed by atoms with Crippen molar-refractivity contribution in [2.45, 2.75) is 38.0 Å². The highest BCUT2D eigenvalue weighted by molar-refractivity contribution is 7.80. The third-order valence-electron chi connectivity index (χ3n) is 5.65. The van der Waals surface area contributed by atoms with E-state index in [0.717, 1.165) is 11.1 Å². The Kier molecular flexibility index (Phi) is 8.41. The lowest BCUT2D eigenvalue weighted by Crippen LogP contribution is -2.64. The number of piperazine rings is 1. The van der Waals surface area contributed by atoms with Gasteiger partial charge in [0.15, 0.2) is 10.1 Å². The van der Waals surface area contributed by atoms with Gasteiger partial charge in [0.25, 0.3) is 0 Å². The molecule has 1 heterocycles. The van der Waals surface area contributed by atoms with Crippen LogP contribution in [0.5, 0.6) is 11.5 Å². The van der Waals surface area contributed by atoms with Gasteiger partial charge in [-0.1, -0.05) is 24.3 Å². The summed E-state index contributed by atoms with van der Waals surface area (Å²) in [7, 11) is 3.11. The number of ether oxygens (including phenoxy) is 2. The van der Waals surface area contributed by atoms with E-state index in [2.05, 4.69) is 0 Å². The minimum atomic E-state index is -0.992. The Morgan fingerprint density at radius 1 is 0.735 bits per heavy atom. The maximum atomic E-state index is 13.6. The number of carbonyl (C=O) groups excluding carboxylic acids is 2. The van der Waals surface area contributed by atoms with Gasteiger partial charge in [0, 0.05) is 25.9 Å². The highest BCUT2D eigenvalue weighted by Gasteiger charge is 2.46. The number of rotatable bonds is 10. The molecular formula is C24H26N2O6S2. The maximum Gasteiger partial charge on any atom is 0.246 e. The molecular weight excluding hydrogens is 476 g/mol. The maximum absolute atomic E-state index is 13.6. The zero-order chi connectivity index (χ0) is 24.8. The van der Waals surface area contributed by atoms with E-state index in [0.29, 0.717) is 11.5 Å². The van der Waals surface area contributed by atoms with Gasteiger partial charge in [-0.25, -0.2) is 0 Å². The van der Waals surface area contributed by atoms with Crippen LogP contribution in [0.2, 0.25) is 0 Å². The van der Waals surface area contributed by atoms with Crippen LogP contribution in [0, 0.1) is 0 Å². The Morgan fingerprint density at radius 3 is 1.32 bits per heavy atom. The highest BCUT2D eigenvalue weighted by Crippen LogP contribution is 2.28. The van der Waals surface area contributed by atoms with Crippen LogP contribution in [-0.4, -0.2) is 68.2 Å². The van der Waals surface area contributed by atoms with Gasteiger partial charge in [0.05, 0.1) is 14.2 Å². The molecule has 0 spiro atoms. The van der Waals surface area contributed by atoms with E-state index in [-0.39, 0.29) is 47.8 Å². The number of amides is 2. The van der Waals surface area contributed by atoms with Crippen LogP contribution in [0.3, 0.4) is 0 Å². The van der Waals surface area contributed by atoms with Crippen molar-refractivity contribution in [2.24, 2.45) is 0 Å². The van der Waals surface area contributed by atoms with Crippen LogP contribution in [0.1, 0.15) is 24.0 Å². The summed E-state index contributed by atoms with van der Waals surface area (Å²) in [5.41, 5.74) is 1.54. The Labute approximate surface area is 208 Å². The summed E-state index contributed by atoms with van der Waals surface area (Å²) in [6.07, 6.45) is -0.350. The second-order valence-corrected chi connectivity index (χ2v) is 8.80. The number of aliphatic hydroxyl groups is 2. The average Bonchev–Trinajstić information content (AvgIpc) is 2.82. The molecule has 10 heteroatoms. The Hall–Kier alpha value is -3.24. The molecule has 180 valence electrons. The van der Waals surface area contributed by atoms with E-state index in [1.807, 2.05) is 0 Å². The number of aliphatic hydroxyl groups excluding tert-OH is 2. The predicted molar refractivity (Wildman–Crippen MR) is 134 cm³/mol. The number of benzene rings is 2. The molecule has 0 aliphatic carbocycles. The quantitative estimate of drug-likeness (QED) is 0.477. The topological polar surface area (TPSA) is 99.5 Å². The van der Waals surface area contributed by atoms with E-state index < -0.39 is 12.1 Å². The summed E-state index contributed by atoms with van der Waals surface area (Å²) in [5.74, 6) is 0.544. The predicted octanol–water partition coefficient (Wildman–Crippen LogP) is 3.36. The van der Waals surface area contributed by atoms with Crippen molar-refractivity contribution in [3.63, 3.8) is 0 Å². The number of thiocarbonyl (C=S) groups is 2. The number of hydrogen-bond donors (Lipinski definition) is 2. The van der Waals surface area contributed by atoms with Crippen LogP contribution in [0.25, 0.3) is 0 Å². The second-order valence-electron chi connectivity index (χ2n) is 7.86. The first kappa shape index (κ1) is 25.4. The van der Waals surface area contributed by atoms with Gasteiger partial charge >= 0.3 is 0 Å². The van der Waals surface area contributed by atoms with Crippen LogP contribution < -0.4 is 9.47 Å². The fourth-order valence-electron chi connectivity index (χ4n) is 3.91. The Morgan fingerprint density at radius 2 is 1.06 bits per heavy atom. The minimum Gasteiger partial charge on any atom is -0.502 e. The molecule has 0 radical (unpaired) electrons. The van der Waals surface area contributed by atoms with Gasteiger partial charge in [-0.2, -0.15) is 0 Å². The third kappa shape index (κ3) is 6.00. The van der Waals surface area contributed by atoms with Gasteiger partial charge in [-0.05, 0) is 59.8 Å². The SMILES string of the molecule is COc1ccc(CN2C(=O)C(CC(O)=S)N(Cc3ccc(OC)cc3)C(=O)C2CC(O)=S)cc1. The van der Waals surface area contributed by atoms with Gasteiger partial charge in [-0.3, -0.25) is 9.59 Å². The summed E-state index contributed by atoms with van der Waals surface area (Å²) in [6.45, 7) is 0.236. The highest BCUT2D eigenvalue weighted by atomic mass is 32.1. The van der Waals surface area contributed by atoms with E-state index in [1.165, 1.54) is 9.80 Å². The van der Waals surface area contributed by atoms with Crippen molar-refractivity contribution in [1.29, 1.82) is 0 Å².